The maximum Gasteiger partial charge on any atom is 0.268 e. The molecule has 0 bridgehead atoms. The first-order valence-electron chi connectivity index (χ1n) is 6.11. The van der Waals surface area contributed by atoms with Crippen LogP contribution in [0.25, 0.3) is 0 Å². The number of rotatable bonds is 2. The van der Waals surface area contributed by atoms with Gasteiger partial charge in [0.05, 0.1) is 0 Å². The summed E-state index contributed by atoms with van der Waals surface area (Å²) in [5.41, 5.74) is -0.0297. The molecule has 4 nitrogen and oxygen atoms in total. The van der Waals surface area contributed by atoms with Gasteiger partial charge >= 0.3 is 0 Å². The van der Waals surface area contributed by atoms with Crippen molar-refractivity contribution in [3.63, 3.8) is 0 Å². The van der Waals surface area contributed by atoms with Gasteiger partial charge in [-0.1, -0.05) is 25.3 Å². The molecule has 17 heavy (non-hydrogen) atoms. The molecule has 0 aliphatic heterocycles. The van der Waals surface area contributed by atoms with Crippen LogP contribution in [0.4, 0.5) is 0 Å². The molecule has 4 heteroatoms. The molecule has 1 saturated carbocycles. The second-order valence-corrected chi connectivity index (χ2v) is 5.00. The molecule has 1 aliphatic rings. The Labute approximate surface area is 100 Å². The van der Waals surface area contributed by atoms with Crippen molar-refractivity contribution < 1.29 is 4.79 Å². The van der Waals surface area contributed by atoms with Gasteiger partial charge in [0.25, 0.3) is 5.91 Å². The van der Waals surface area contributed by atoms with E-state index < -0.39 is 0 Å². The highest BCUT2D eigenvalue weighted by molar-refractivity contribution is 5.92. The van der Waals surface area contributed by atoms with Crippen LogP contribution < -0.4 is 10.9 Å². The lowest BCUT2D eigenvalue weighted by Gasteiger charge is -2.34. The van der Waals surface area contributed by atoms with Crippen LogP contribution in [0.5, 0.6) is 0 Å². The molecule has 0 unspecified atom stereocenters. The SMILES string of the molecule is CC1(NC(=O)c2cccc(=O)[nH]2)CCCCC1. The monoisotopic (exact) mass is 234 g/mol. The highest BCUT2D eigenvalue weighted by Crippen LogP contribution is 2.27. The third-order valence-corrected chi connectivity index (χ3v) is 3.39. The number of pyridine rings is 1. The Morgan fingerprint density at radius 1 is 1.29 bits per heavy atom. The summed E-state index contributed by atoms with van der Waals surface area (Å²) in [6.07, 6.45) is 5.57. The Morgan fingerprint density at radius 2 is 2.00 bits per heavy atom. The molecular weight excluding hydrogens is 216 g/mol. The molecule has 0 spiro atoms. The van der Waals surface area contributed by atoms with Crippen LogP contribution in [0.2, 0.25) is 0 Å². The van der Waals surface area contributed by atoms with Crippen molar-refractivity contribution in [2.45, 2.75) is 44.6 Å². The van der Waals surface area contributed by atoms with Gasteiger partial charge in [0.15, 0.2) is 0 Å². The lowest BCUT2D eigenvalue weighted by molar-refractivity contribution is 0.0877. The van der Waals surface area contributed by atoms with E-state index in [9.17, 15) is 9.59 Å². The Bertz CT molecular complexity index is 458. The summed E-state index contributed by atoms with van der Waals surface area (Å²) in [5, 5.41) is 3.03. The molecule has 1 amide bonds. The van der Waals surface area contributed by atoms with Gasteiger partial charge < -0.3 is 10.3 Å². The van der Waals surface area contributed by atoms with Crippen molar-refractivity contribution in [2.24, 2.45) is 0 Å². The first kappa shape index (κ1) is 11.9. The fourth-order valence-corrected chi connectivity index (χ4v) is 2.38. The average molecular weight is 234 g/mol. The zero-order chi connectivity index (χ0) is 12.3. The quantitative estimate of drug-likeness (QED) is 0.820. The van der Waals surface area contributed by atoms with Crippen molar-refractivity contribution in [2.75, 3.05) is 0 Å². The van der Waals surface area contributed by atoms with Crippen molar-refractivity contribution in [1.82, 2.24) is 10.3 Å². The number of hydrogen-bond acceptors (Lipinski definition) is 2. The molecule has 1 aromatic rings. The fraction of sp³-hybridized carbons (Fsp3) is 0.538. The molecular formula is C13H18N2O2. The van der Waals surface area contributed by atoms with Crippen LogP contribution in [0.1, 0.15) is 49.5 Å². The first-order valence-corrected chi connectivity index (χ1v) is 6.11. The van der Waals surface area contributed by atoms with Gasteiger partial charge in [-0.25, -0.2) is 0 Å². The predicted molar refractivity (Wildman–Crippen MR) is 66.0 cm³/mol. The van der Waals surface area contributed by atoms with E-state index in [1.54, 1.807) is 12.1 Å². The van der Waals surface area contributed by atoms with E-state index in [4.69, 9.17) is 0 Å². The topological polar surface area (TPSA) is 62.0 Å². The van der Waals surface area contributed by atoms with Gasteiger partial charge in [0.1, 0.15) is 5.69 Å². The maximum absolute atomic E-state index is 12.0. The number of aromatic nitrogens is 1. The molecule has 2 rings (SSSR count). The fourth-order valence-electron chi connectivity index (χ4n) is 2.38. The third-order valence-electron chi connectivity index (χ3n) is 3.39. The van der Waals surface area contributed by atoms with Gasteiger partial charge in [-0.05, 0) is 25.8 Å². The predicted octanol–water partition coefficient (Wildman–Crippen LogP) is 1.83. The molecule has 92 valence electrons. The standard InChI is InChI=1S/C13H18N2O2/c1-13(8-3-2-4-9-13)15-12(17)10-6-5-7-11(16)14-10/h5-7H,2-4,8-9H2,1H3,(H,14,16)(H,15,17). The van der Waals surface area contributed by atoms with Crippen molar-refractivity contribution in [3.8, 4) is 0 Å². The van der Waals surface area contributed by atoms with Crippen LogP contribution in [0, 0.1) is 0 Å². The molecule has 1 aromatic heterocycles. The summed E-state index contributed by atoms with van der Waals surface area (Å²) in [6.45, 7) is 2.07. The van der Waals surface area contributed by atoms with Crippen LogP contribution in [-0.2, 0) is 0 Å². The number of carbonyl (C=O) groups excluding carboxylic acids is 1. The average Bonchev–Trinajstić information content (AvgIpc) is 2.29. The number of amides is 1. The number of nitrogens with one attached hydrogen (secondary N) is 2. The Kier molecular flexibility index (Phi) is 3.31. The summed E-state index contributed by atoms with van der Waals surface area (Å²) < 4.78 is 0. The lowest BCUT2D eigenvalue weighted by atomic mass is 9.83. The van der Waals surface area contributed by atoms with E-state index in [2.05, 4.69) is 17.2 Å². The van der Waals surface area contributed by atoms with Gasteiger partial charge in [-0.15, -0.1) is 0 Å². The molecule has 2 N–H and O–H groups in total. The zero-order valence-corrected chi connectivity index (χ0v) is 10.1. The highest BCUT2D eigenvalue weighted by atomic mass is 16.2. The van der Waals surface area contributed by atoms with Gasteiger partial charge in [0.2, 0.25) is 5.56 Å². The second-order valence-electron chi connectivity index (χ2n) is 5.00. The number of aromatic amines is 1. The van der Waals surface area contributed by atoms with Crippen LogP contribution >= 0.6 is 0 Å². The van der Waals surface area contributed by atoms with Gasteiger partial charge in [-0.2, -0.15) is 0 Å². The second kappa shape index (κ2) is 4.73. The van der Waals surface area contributed by atoms with Crippen LogP contribution in [-0.4, -0.2) is 16.4 Å². The Hall–Kier alpha value is -1.58. The molecule has 1 fully saturated rings. The minimum Gasteiger partial charge on any atom is -0.346 e. The summed E-state index contributed by atoms with van der Waals surface area (Å²) >= 11 is 0. The van der Waals surface area contributed by atoms with Crippen molar-refractivity contribution in [1.29, 1.82) is 0 Å². The summed E-state index contributed by atoms with van der Waals surface area (Å²) in [7, 11) is 0. The van der Waals surface area contributed by atoms with Gasteiger partial charge in [-0.3, -0.25) is 9.59 Å². The molecule has 1 aliphatic carbocycles. The van der Waals surface area contributed by atoms with E-state index in [0.29, 0.717) is 5.69 Å². The minimum absolute atomic E-state index is 0.123. The Morgan fingerprint density at radius 3 is 2.65 bits per heavy atom. The molecule has 0 radical (unpaired) electrons. The summed E-state index contributed by atoms with van der Waals surface area (Å²) in [5.74, 6) is -0.188. The number of carbonyl (C=O) groups is 1. The van der Waals surface area contributed by atoms with E-state index in [0.717, 1.165) is 25.7 Å². The summed E-state index contributed by atoms with van der Waals surface area (Å²) in [6, 6.07) is 4.62. The maximum atomic E-state index is 12.0. The molecule has 1 heterocycles. The van der Waals surface area contributed by atoms with Crippen LogP contribution in [0.3, 0.4) is 0 Å². The van der Waals surface area contributed by atoms with Crippen LogP contribution in [0.15, 0.2) is 23.0 Å². The smallest absolute Gasteiger partial charge is 0.268 e. The van der Waals surface area contributed by atoms with E-state index >= 15 is 0 Å². The van der Waals surface area contributed by atoms with E-state index in [-0.39, 0.29) is 17.0 Å². The number of hydrogen-bond donors (Lipinski definition) is 2. The summed E-state index contributed by atoms with van der Waals surface area (Å²) in [4.78, 5) is 25.7. The van der Waals surface area contributed by atoms with Crippen molar-refractivity contribution in [3.05, 3.63) is 34.2 Å². The molecule has 0 aromatic carbocycles. The van der Waals surface area contributed by atoms with Gasteiger partial charge in [0, 0.05) is 11.6 Å². The van der Waals surface area contributed by atoms with Crippen molar-refractivity contribution >= 4 is 5.91 Å². The molecule has 0 saturated heterocycles. The van der Waals surface area contributed by atoms with E-state index in [1.807, 2.05) is 0 Å². The van der Waals surface area contributed by atoms with E-state index in [1.165, 1.54) is 12.5 Å². The zero-order valence-electron chi connectivity index (χ0n) is 10.1. The normalized spacial score (nSPS) is 18.6. The number of H-pyrrole nitrogens is 1. The third kappa shape index (κ3) is 2.96. The Balaban J connectivity index is 2.08. The highest BCUT2D eigenvalue weighted by Gasteiger charge is 2.28. The first-order chi connectivity index (χ1) is 8.09. The molecule has 0 atom stereocenters. The minimum atomic E-state index is -0.244. The lowest BCUT2D eigenvalue weighted by Crippen LogP contribution is -2.47. The largest absolute Gasteiger partial charge is 0.346 e.